The van der Waals surface area contributed by atoms with E-state index in [1.807, 2.05) is 0 Å². The average Bonchev–Trinajstić information content (AvgIpc) is 2.27. The van der Waals surface area contributed by atoms with Crippen molar-refractivity contribution in [3.8, 4) is 0 Å². The maximum absolute atomic E-state index is 2.32. The number of hydrogen-bond acceptors (Lipinski definition) is 0. The predicted molar refractivity (Wildman–Crippen MR) is 74.0 cm³/mol. The molecule has 0 aliphatic rings. The van der Waals surface area contributed by atoms with Crippen LogP contribution in [0.25, 0.3) is 0 Å². The van der Waals surface area contributed by atoms with Crippen LogP contribution in [0.2, 0.25) is 19.0 Å². The van der Waals surface area contributed by atoms with Crippen LogP contribution < -0.4 is 0 Å². The molecule has 0 aromatic heterocycles. The second-order valence-electron chi connectivity index (χ2n) is 4.60. The third kappa shape index (κ3) is 10.1. The molecule has 0 unspecified atom stereocenters. The highest BCUT2D eigenvalue weighted by molar-refractivity contribution is 6.58. The van der Waals surface area contributed by atoms with Crippen LogP contribution >= 0.6 is 0 Å². The van der Waals surface area contributed by atoms with Gasteiger partial charge < -0.3 is 0 Å². The van der Waals surface area contributed by atoms with E-state index in [4.69, 9.17) is 0 Å². The maximum atomic E-state index is 2.32. The second-order valence-corrected chi connectivity index (χ2v) is 4.60. The van der Waals surface area contributed by atoms with Crippen LogP contribution in [0, 0.1) is 0 Å². The van der Waals surface area contributed by atoms with Crippen molar-refractivity contribution < 1.29 is 0 Å². The van der Waals surface area contributed by atoms with Crippen LogP contribution in [-0.2, 0) is 0 Å². The standard InChI is InChI=1S/C14H29B/c1-4-7-8-9-10-11-12-13-14-15(5-2)6-3/h4,7H,5-6,8-14H2,1-3H3/b7-4+. The molecular formula is C14H29B. The highest BCUT2D eigenvalue weighted by Crippen LogP contribution is 2.13. The van der Waals surface area contributed by atoms with Crippen molar-refractivity contribution in [2.24, 2.45) is 0 Å². The van der Waals surface area contributed by atoms with E-state index in [0.29, 0.717) is 0 Å². The Balaban J connectivity index is 3.10. The van der Waals surface area contributed by atoms with Crippen molar-refractivity contribution in [3.63, 3.8) is 0 Å². The van der Waals surface area contributed by atoms with Gasteiger partial charge >= 0.3 is 0 Å². The Kier molecular flexibility index (Phi) is 11.7. The molecule has 0 saturated carbocycles. The fourth-order valence-corrected chi connectivity index (χ4v) is 2.09. The molecule has 0 atom stereocenters. The third-order valence-corrected chi connectivity index (χ3v) is 3.37. The lowest BCUT2D eigenvalue weighted by Crippen LogP contribution is -2.07. The van der Waals surface area contributed by atoms with E-state index in [9.17, 15) is 0 Å². The monoisotopic (exact) mass is 208 g/mol. The first-order valence-electron chi connectivity index (χ1n) is 6.96. The summed E-state index contributed by atoms with van der Waals surface area (Å²) in [4.78, 5) is 0. The van der Waals surface area contributed by atoms with Gasteiger partial charge in [-0.25, -0.2) is 0 Å². The molecule has 0 N–H and O–H groups in total. The third-order valence-electron chi connectivity index (χ3n) is 3.37. The van der Waals surface area contributed by atoms with Gasteiger partial charge in [-0.3, -0.25) is 0 Å². The summed E-state index contributed by atoms with van der Waals surface area (Å²) in [5.74, 6) is 0. The van der Waals surface area contributed by atoms with Gasteiger partial charge in [0.15, 0.2) is 0 Å². The molecule has 88 valence electrons. The SMILES string of the molecule is C/C=C/CCCCCCCB(CC)CC. The fraction of sp³-hybridized carbons (Fsp3) is 0.857. The summed E-state index contributed by atoms with van der Waals surface area (Å²) in [5.41, 5.74) is 0. The van der Waals surface area contributed by atoms with E-state index in [1.54, 1.807) is 0 Å². The Labute approximate surface area is 97.6 Å². The molecule has 0 spiro atoms. The van der Waals surface area contributed by atoms with Crippen molar-refractivity contribution >= 4 is 6.71 Å². The first-order chi connectivity index (χ1) is 7.35. The largest absolute Gasteiger partial charge is 0.139 e. The van der Waals surface area contributed by atoms with Crippen molar-refractivity contribution in [1.29, 1.82) is 0 Å². The lowest BCUT2D eigenvalue weighted by molar-refractivity contribution is 0.635. The molecule has 0 aliphatic heterocycles. The Morgan fingerprint density at radius 3 is 2.07 bits per heavy atom. The quantitative estimate of drug-likeness (QED) is 0.255. The van der Waals surface area contributed by atoms with E-state index < -0.39 is 0 Å². The minimum Gasteiger partial charge on any atom is -0.0917 e. The van der Waals surface area contributed by atoms with Gasteiger partial charge in [0.25, 0.3) is 0 Å². The highest BCUT2D eigenvalue weighted by Gasteiger charge is 2.06. The van der Waals surface area contributed by atoms with Gasteiger partial charge in [-0.05, 0) is 19.8 Å². The average molecular weight is 208 g/mol. The van der Waals surface area contributed by atoms with Crippen molar-refractivity contribution in [3.05, 3.63) is 12.2 Å². The number of hydrogen-bond donors (Lipinski definition) is 0. The molecule has 0 saturated heterocycles. The first kappa shape index (κ1) is 14.8. The fourth-order valence-electron chi connectivity index (χ4n) is 2.09. The number of rotatable bonds is 10. The van der Waals surface area contributed by atoms with Crippen LogP contribution in [0.15, 0.2) is 12.2 Å². The minimum atomic E-state index is 0.994. The van der Waals surface area contributed by atoms with Gasteiger partial charge in [-0.2, -0.15) is 0 Å². The molecule has 0 nitrogen and oxygen atoms in total. The Morgan fingerprint density at radius 2 is 1.47 bits per heavy atom. The summed E-state index contributed by atoms with van der Waals surface area (Å²) in [5, 5.41) is 0. The minimum absolute atomic E-state index is 0.994. The first-order valence-corrected chi connectivity index (χ1v) is 6.96. The zero-order chi connectivity index (χ0) is 11.4. The maximum Gasteiger partial charge on any atom is 0.139 e. The number of unbranched alkanes of at least 4 members (excludes halogenated alkanes) is 5. The summed E-state index contributed by atoms with van der Waals surface area (Å²) >= 11 is 0. The van der Waals surface area contributed by atoms with Crippen molar-refractivity contribution in [1.82, 2.24) is 0 Å². The highest BCUT2D eigenvalue weighted by atomic mass is 13.9. The van der Waals surface area contributed by atoms with Crippen LogP contribution in [0.1, 0.15) is 59.3 Å². The van der Waals surface area contributed by atoms with Crippen LogP contribution in [-0.4, -0.2) is 6.71 Å². The zero-order valence-corrected chi connectivity index (χ0v) is 11.1. The normalized spacial score (nSPS) is 11.1. The van der Waals surface area contributed by atoms with Crippen LogP contribution in [0.5, 0.6) is 0 Å². The van der Waals surface area contributed by atoms with Gasteiger partial charge in [0, 0.05) is 0 Å². The molecule has 0 heterocycles. The molecule has 0 fully saturated rings. The van der Waals surface area contributed by atoms with Crippen molar-refractivity contribution in [2.75, 3.05) is 0 Å². The van der Waals surface area contributed by atoms with E-state index in [2.05, 4.69) is 32.9 Å². The van der Waals surface area contributed by atoms with Crippen LogP contribution in [0.4, 0.5) is 0 Å². The molecule has 0 aliphatic carbocycles. The molecule has 0 bridgehead atoms. The summed E-state index contributed by atoms with van der Waals surface area (Å²) in [6.07, 6.45) is 17.1. The molecule has 0 rings (SSSR count). The molecule has 0 aromatic rings. The Morgan fingerprint density at radius 1 is 0.867 bits per heavy atom. The van der Waals surface area contributed by atoms with E-state index >= 15 is 0 Å². The molecule has 1 heteroatoms. The summed E-state index contributed by atoms with van der Waals surface area (Å²) in [6, 6.07) is 0. The molecule has 15 heavy (non-hydrogen) atoms. The Bertz CT molecular complexity index is 136. The summed E-state index contributed by atoms with van der Waals surface area (Å²) < 4.78 is 0. The van der Waals surface area contributed by atoms with Gasteiger partial charge in [0.1, 0.15) is 6.71 Å². The van der Waals surface area contributed by atoms with Gasteiger partial charge in [0.2, 0.25) is 0 Å². The van der Waals surface area contributed by atoms with Gasteiger partial charge in [0.05, 0.1) is 0 Å². The van der Waals surface area contributed by atoms with E-state index in [1.165, 1.54) is 57.5 Å². The van der Waals surface area contributed by atoms with E-state index in [0.717, 1.165) is 6.71 Å². The lowest BCUT2D eigenvalue weighted by atomic mass is 9.43. The van der Waals surface area contributed by atoms with Crippen LogP contribution in [0.3, 0.4) is 0 Å². The molecular weight excluding hydrogens is 179 g/mol. The summed E-state index contributed by atoms with van der Waals surface area (Å²) in [6.45, 7) is 7.75. The van der Waals surface area contributed by atoms with Gasteiger partial charge in [-0.15, -0.1) is 0 Å². The molecule has 0 radical (unpaired) electrons. The molecule has 0 aromatic carbocycles. The van der Waals surface area contributed by atoms with E-state index in [-0.39, 0.29) is 0 Å². The number of allylic oxidation sites excluding steroid dienone is 2. The topological polar surface area (TPSA) is 0 Å². The zero-order valence-electron chi connectivity index (χ0n) is 11.1. The van der Waals surface area contributed by atoms with Gasteiger partial charge in [-0.1, -0.05) is 70.6 Å². The smallest absolute Gasteiger partial charge is 0.0917 e. The lowest BCUT2D eigenvalue weighted by Gasteiger charge is -2.07. The van der Waals surface area contributed by atoms with Crippen molar-refractivity contribution in [2.45, 2.75) is 78.3 Å². The predicted octanol–water partition coefficient (Wildman–Crippen LogP) is 5.44. The summed E-state index contributed by atoms with van der Waals surface area (Å²) in [7, 11) is 0. The second kappa shape index (κ2) is 11.9. The molecule has 0 amide bonds. The Hall–Kier alpha value is -0.195.